The molecule has 3 aliphatic rings. The molecule has 0 saturated carbocycles. The summed E-state index contributed by atoms with van der Waals surface area (Å²) in [5.74, 6) is 0.540. The number of ether oxygens (including phenoxy) is 3. The molecule has 5 atom stereocenters. The maximum Gasteiger partial charge on any atom is 0.414 e. The van der Waals surface area contributed by atoms with E-state index < -0.39 is 18.4 Å². The van der Waals surface area contributed by atoms with Gasteiger partial charge >= 0.3 is 6.09 Å². The molecular weight excluding hydrogens is 483 g/mol. The van der Waals surface area contributed by atoms with Crippen molar-refractivity contribution in [1.82, 2.24) is 10.2 Å². The molecule has 210 valence electrons. The summed E-state index contributed by atoms with van der Waals surface area (Å²) in [4.78, 5) is 14.1. The lowest BCUT2D eigenvalue weighted by Crippen LogP contribution is -2.50. The molecule has 1 fully saturated rings. The summed E-state index contributed by atoms with van der Waals surface area (Å²) in [7, 11) is 1.80. The van der Waals surface area contributed by atoms with E-state index in [1.165, 1.54) is 5.57 Å². The van der Waals surface area contributed by atoms with Gasteiger partial charge in [0.1, 0.15) is 18.4 Å². The van der Waals surface area contributed by atoms with Gasteiger partial charge in [0.25, 0.3) is 0 Å². The third kappa shape index (κ3) is 8.14. The number of carbonyl (C=O) groups is 1. The molecule has 1 aromatic carbocycles. The van der Waals surface area contributed by atoms with Gasteiger partial charge in [-0.25, -0.2) is 9.18 Å². The van der Waals surface area contributed by atoms with Gasteiger partial charge in [0.2, 0.25) is 0 Å². The van der Waals surface area contributed by atoms with Crippen molar-refractivity contribution in [2.24, 2.45) is 5.92 Å². The number of carbonyl (C=O) groups excluding carboxylic acids is 1. The molecule has 1 N–H and O–H groups in total. The molecule has 1 saturated heterocycles. The monoisotopic (exact) mass is 528 g/mol. The lowest BCUT2D eigenvalue weighted by Gasteiger charge is -2.42. The van der Waals surface area contributed by atoms with Crippen LogP contribution >= 0.6 is 0 Å². The van der Waals surface area contributed by atoms with E-state index in [9.17, 15) is 9.18 Å². The van der Waals surface area contributed by atoms with E-state index in [0.29, 0.717) is 18.6 Å². The van der Waals surface area contributed by atoms with Crippen molar-refractivity contribution >= 4 is 6.09 Å². The van der Waals surface area contributed by atoms with Crippen molar-refractivity contribution in [2.45, 2.75) is 102 Å². The fourth-order valence-electron chi connectivity index (χ4n) is 5.77. The zero-order chi connectivity index (χ0) is 27.1. The highest BCUT2D eigenvalue weighted by Crippen LogP contribution is 2.36. The quantitative estimate of drug-likeness (QED) is 0.380. The Hall–Kier alpha value is -2.22. The first kappa shape index (κ1) is 28.8. The van der Waals surface area contributed by atoms with Crippen molar-refractivity contribution in [1.29, 1.82) is 0 Å². The Balaban J connectivity index is 1.24. The summed E-state index contributed by atoms with van der Waals surface area (Å²) < 4.78 is 31.2. The van der Waals surface area contributed by atoms with Crippen LogP contribution in [0.1, 0.15) is 71.3 Å². The largest absolute Gasteiger partial charge is 0.443 e. The zero-order valence-corrected chi connectivity index (χ0v) is 23.5. The Morgan fingerprint density at radius 3 is 2.61 bits per heavy atom. The van der Waals surface area contributed by atoms with Crippen molar-refractivity contribution in [3.05, 3.63) is 59.3 Å². The van der Waals surface area contributed by atoms with Crippen LogP contribution in [-0.4, -0.2) is 61.2 Å². The second-order valence-corrected chi connectivity index (χ2v) is 11.9. The van der Waals surface area contributed by atoms with E-state index in [-0.39, 0.29) is 24.8 Å². The van der Waals surface area contributed by atoms with Crippen molar-refractivity contribution in [2.75, 3.05) is 20.3 Å². The van der Waals surface area contributed by atoms with E-state index in [1.807, 2.05) is 51.1 Å². The maximum atomic E-state index is 13.7. The summed E-state index contributed by atoms with van der Waals surface area (Å²) in [5, 5.41) is 3.90. The molecule has 4 rings (SSSR count). The van der Waals surface area contributed by atoms with Crippen LogP contribution in [0.3, 0.4) is 0 Å². The minimum atomic E-state index is -0.545. The number of amides is 1. The van der Waals surface area contributed by atoms with Crippen LogP contribution in [-0.2, 0) is 20.8 Å². The molecule has 1 heterocycles. The summed E-state index contributed by atoms with van der Waals surface area (Å²) in [5.41, 5.74) is 3.09. The summed E-state index contributed by atoms with van der Waals surface area (Å²) in [6.07, 6.45) is 10.5. The number of hydrogen-bond donors (Lipinski definition) is 1. The highest BCUT2D eigenvalue weighted by Gasteiger charge is 2.35. The molecule has 2 aliphatic carbocycles. The van der Waals surface area contributed by atoms with E-state index in [2.05, 4.69) is 17.5 Å². The molecule has 0 spiro atoms. The average Bonchev–Trinajstić information content (AvgIpc) is 2.91. The third-order valence-electron chi connectivity index (χ3n) is 7.82. The van der Waals surface area contributed by atoms with Gasteiger partial charge in [-0.15, -0.1) is 0 Å². The molecule has 0 aromatic heterocycles. The lowest BCUT2D eigenvalue weighted by atomic mass is 9.77. The Morgan fingerprint density at radius 1 is 1.13 bits per heavy atom. The third-order valence-corrected chi connectivity index (χ3v) is 7.82. The van der Waals surface area contributed by atoms with Gasteiger partial charge in [-0.3, -0.25) is 4.90 Å². The van der Waals surface area contributed by atoms with Gasteiger partial charge in [-0.2, -0.15) is 0 Å². The van der Waals surface area contributed by atoms with Gasteiger partial charge in [-0.05, 0) is 77.2 Å². The zero-order valence-electron chi connectivity index (χ0n) is 23.5. The Kier molecular flexibility index (Phi) is 10.0. The van der Waals surface area contributed by atoms with E-state index in [0.717, 1.165) is 56.2 Å². The van der Waals surface area contributed by atoms with Crippen LogP contribution in [0.2, 0.25) is 0 Å². The number of alkyl halides is 1. The van der Waals surface area contributed by atoms with Crippen LogP contribution < -0.4 is 5.32 Å². The normalized spacial score (nSPS) is 26.6. The van der Waals surface area contributed by atoms with Crippen LogP contribution in [0.25, 0.3) is 0 Å². The molecule has 5 unspecified atom stereocenters. The van der Waals surface area contributed by atoms with E-state index >= 15 is 0 Å². The first-order chi connectivity index (χ1) is 18.2. The fourth-order valence-corrected chi connectivity index (χ4v) is 5.77. The van der Waals surface area contributed by atoms with Crippen LogP contribution in [0.15, 0.2) is 53.8 Å². The van der Waals surface area contributed by atoms with Crippen LogP contribution in [0.5, 0.6) is 0 Å². The molecule has 38 heavy (non-hydrogen) atoms. The predicted octanol–water partition coefficient (Wildman–Crippen LogP) is 6.32. The number of fused-ring (bicyclic) bond motifs is 1. The van der Waals surface area contributed by atoms with Gasteiger partial charge in [0.05, 0.1) is 19.3 Å². The number of nitrogens with zero attached hydrogens (tertiary/aromatic N) is 1. The van der Waals surface area contributed by atoms with Gasteiger partial charge in [-0.1, -0.05) is 48.1 Å². The first-order valence-electron chi connectivity index (χ1n) is 14.2. The summed E-state index contributed by atoms with van der Waals surface area (Å²) >= 11 is 0. The fraction of sp³-hybridized carbons (Fsp3) is 0.645. The standard InChI is InChI=1S/C31H45FN2O4/c1-31(2,3)38-30(35)34(4)25-14-10-23(11-15-25)28-17-13-24-12-16-26(18-29(24)33-28)37-27(19-32)21-36-20-22-8-6-5-7-9-22/h5-9,12,14,23,26-29,33H,10-11,13,15-21H2,1-4H3. The van der Waals surface area contributed by atoms with Crippen molar-refractivity contribution < 1.29 is 23.4 Å². The predicted molar refractivity (Wildman–Crippen MR) is 147 cm³/mol. The van der Waals surface area contributed by atoms with Crippen molar-refractivity contribution in [3.63, 3.8) is 0 Å². The lowest BCUT2D eigenvalue weighted by molar-refractivity contribution is -0.0749. The number of halogens is 1. The number of hydrogen-bond acceptors (Lipinski definition) is 5. The highest BCUT2D eigenvalue weighted by atomic mass is 19.1. The Bertz CT molecular complexity index is 974. The molecule has 1 aliphatic heterocycles. The minimum absolute atomic E-state index is 0.00333. The number of piperidine rings is 1. The second-order valence-electron chi connectivity index (χ2n) is 11.9. The summed E-state index contributed by atoms with van der Waals surface area (Å²) in [6.45, 7) is 5.84. The number of allylic oxidation sites excluding steroid dienone is 2. The molecular formula is C31H45FN2O4. The molecule has 0 bridgehead atoms. The Labute approximate surface area is 227 Å². The van der Waals surface area contributed by atoms with E-state index in [4.69, 9.17) is 14.2 Å². The van der Waals surface area contributed by atoms with Gasteiger partial charge in [0, 0.05) is 24.8 Å². The number of nitrogens with one attached hydrogen (secondary N) is 1. The summed E-state index contributed by atoms with van der Waals surface area (Å²) in [6, 6.07) is 10.7. The van der Waals surface area contributed by atoms with Crippen LogP contribution in [0.4, 0.5) is 9.18 Å². The maximum absolute atomic E-state index is 13.7. The second kappa shape index (κ2) is 13.2. The molecule has 1 amide bonds. The highest BCUT2D eigenvalue weighted by molar-refractivity contribution is 5.70. The SMILES string of the molecule is CN(C(=O)OC(C)(C)C)C1=CCC(C2CCC3=CCC(OC(CF)COCc4ccccc4)CC3N2)CC1. The smallest absolute Gasteiger partial charge is 0.414 e. The van der Waals surface area contributed by atoms with E-state index in [1.54, 1.807) is 11.9 Å². The van der Waals surface area contributed by atoms with Crippen LogP contribution in [0, 0.1) is 5.92 Å². The molecule has 6 nitrogen and oxygen atoms in total. The minimum Gasteiger partial charge on any atom is -0.443 e. The Morgan fingerprint density at radius 2 is 1.92 bits per heavy atom. The molecule has 1 aromatic rings. The van der Waals surface area contributed by atoms with Gasteiger partial charge in [0.15, 0.2) is 0 Å². The number of benzene rings is 1. The first-order valence-corrected chi connectivity index (χ1v) is 14.2. The molecule has 0 radical (unpaired) electrons. The number of rotatable bonds is 9. The molecule has 7 heteroatoms. The van der Waals surface area contributed by atoms with Gasteiger partial charge < -0.3 is 19.5 Å². The van der Waals surface area contributed by atoms with Crippen molar-refractivity contribution in [3.8, 4) is 0 Å². The average molecular weight is 529 g/mol. The topological polar surface area (TPSA) is 60.0 Å².